The fraction of sp³-hybridized carbons (Fsp3) is 0.188. The number of rotatable bonds is 4. The smallest absolute Gasteiger partial charge is 0.178 e. The molecule has 0 bridgehead atoms. The second-order valence-corrected chi connectivity index (χ2v) is 5.19. The van der Waals surface area contributed by atoms with Gasteiger partial charge in [0.15, 0.2) is 4.77 Å². The molecule has 0 aliphatic heterocycles. The quantitative estimate of drug-likeness (QED) is 0.736. The predicted molar refractivity (Wildman–Crippen MR) is 83.8 cm³/mol. The zero-order valence-corrected chi connectivity index (χ0v) is 12.4. The Hall–Kier alpha value is -2.14. The zero-order chi connectivity index (χ0) is 14.8. The van der Waals surface area contributed by atoms with E-state index in [-0.39, 0.29) is 5.82 Å². The monoisotopic (exact) mass is 302 g/mol. The van der Waals surface area contributed by atoms with Gasteiger partial charge in [0.25, 0.3) is 0 Å². The van der Waals surface area contributed by atoms with E-state index in [1.165, 1.54) is 12.1 Å². The largest absolute Gasteiger partial charge is 0.496 e. The second kappa shape index (κ2) is 5.69. The van der Waals surface area contributed by atoms with Gasteiger partial charge in [-0.2, -0.15) is 0 Å². The van der Waals surface area contributed by atoms with E-state index in [0.29, 0.717) is 11.3 Å². The van der Waals surface area contributed by atoms with E-state index in [1.807, 2.05) is 28.8 Å². The lowest BCUT2D eigenvalue weighted by atomic mass is 10.1. The van der Waals surface area contributed by atoms with Crippen molar-refractivity contribution in [3.8, 4) is 5.75 Å². The van der Waals surface area contributed by atoms with Gasteiger partial charge in [0.05, 0.1) is 18.1 Å². The molecule has 3 aromatic rings. The van der Waals surface area contributed by atoms with Crippen molar-refractivity contribution in [1.29, 1.82) is 0 Å². The van der Waals surface area contributed by atoms with Crippen LogP contribution in [-0.2, 0) is 13.0 Å². The van der Waals surface area contributed by atoms with Crippen LogP contribution in [0.1, 0.15) is 5.56 Å². The van der Waals surface area contributed by atoms with E-state index in [2.05, 4.69) is 4.98 Å². The molecule has 0 aliphatic rings. The van der Waals surface area contributed by atoms with Crippen molar-refractivity contribution in [2.75, 3.05) is 7.11 Å². The highest BCUT2D eigenvalue weighted by Gasteiger charge is 2.07. The topological polar surface area (TPSA) is 29.9 Å². The highest BCUT2D eigenvalue weighted by atomic mass is 32.1. The van der Waals surface area contributed by atoms with Crippen LogP contribution in [0, 0.1) is 10.6 Å². The van der Waals surface area contributed by atoms with Crippen molar-refractivity contribution < 1.29 is 9.13 Å². The van der Waals surface area contributed by atoms with Gasteiger partial charge < -0.3 is 14.3 Å². The third kappa shape index (κ3) is 2.69. The third-order valence-corrected chi connectivity index (χ3v) is 3.86. The van der Waals surface area contributed by atoms with Gasteiger partial charge in [0.1, 0.15) is 11.6 Å². The van der Waals surface area contributed by atoms with Crippen LogP contribution < -0.4 is 4.74 Å². The standard InChI is InChI=1S/C16H15FN2OS/c1-20-15-5-3-2-4-11(15)8-9-19-14-10-12(17)6-7-13(14)18-16(19)21/h2-7,10H,8-9H2,1H3,(H,18,21). The third-order valence-electron chi connectivity index (χ3n) is 3.53. The first kappa shape index (κ1) is 13.8. The second-order valence-electron chi connectivity index (χ2n) is 4.81. The molecule has 0 saturated heterocycles. The maximum absolute atomic E-state index is 13.4. The molecule has 0 amide bonds. The normalized spacial score (nSPS) is 11.0. The Morgan fingerprint density at radius 2 is 2.05 bits per heavy atom. The zero-order valence-electron chi connectivity index (χ0n) is 11.6. The number of hydrogen-bond acceptors (Lipinski definition) is 2. The molecule has 3 nitrogen and oxygen atoms in total. The number of aromatic amines is 1. The van der Waals surface area contributed by atoms with Crippen molar-refractivity contribution in [2.24, 2.45) is 0 Å². The first-order chi connectivity index (χ1) is 10.2. The number of halogens is 1. The van der Waals surface area contributed by atoms with Crippen LogP contribution in [0.3, 0.4) is 0 Å². The number of fused-ring (bicyclic) bond motifs is 1. The van der Waals surface area contributed by atoms with Crippen LogP contribution in [0.15, 0.2) is 42.5 Å². The van der Waals surface area contributed by atoms with Crippen LogP contribution in [-0.4, -0.2) is 16.7 Å². The molecule has 2 aromatic carbocycles. The summed E-state index contributed by atoms with van der Waals surface area (Å²) in [5.74, 6) is 0.595. The summed E-state index contributed by atoms with van der Waals surface area (Å²) in [6.07, 6.45) is 0.766. The van der Waals surface area contributed by atoms with Crippen molar-refractivity contribution >= 4 is 23.3 Å². The Morgan fingerprint density at radius 3 is 2.86 bits per heavy atom. The number of ether oxygens (including phenoxy) is 1. The molecule has 0 atom stereocenters. The van der Waals surface area contributed by atoms with Gasteiger partial charge >= 0.3 is 0 Å². The Kier molecular flexibility index (Phi) is 3.75. The first-order valence-electron chi connectivity index (χ1n) is 6.69. The molecule has 1 heterocycles. The average molecular weight is 302 g/mol. The summed E-state index contributed by atoms with van der Waals surface area (Å²) in [6, 6.07) is 12.5. The van der Waals surface area contributed by atoms with E-state index in [9.17, 15) is 4.39 Å². The number of hydrogen-bond donors (Lipinski definition) is 1. The Bertz CT molecular complexity index is 838. The lowest BCUT2D eigenvalue weighted by Crippen LogP contribution is -2.03. The number of para-hydroxylation sites is 1. The van der Waals surface area contributed by atoms with E-state index in [0.717, 1.165) is 28.8 Å². The Labute approximate surface area is 127 Å². The summed E-state index contributed by atoms with van der Waals surface area (Å²) in [5, 5.41) is 0. The summed E-state index contributed by atoms with van der Waals surface area (Å²) in [7, 11) is 1.66. The molecule has 5 heteroatoms. The molecule has 0 radical (unpaired) electrons. The molecule has 0 saturated carbocycles. The molecule has 0 spiro atoms. The fourth-order valence-electron chi connectivity index (χ4n) is 2.49. The van der Waals surface area contributed by atoms with Gasteiger partial charge in [-0.25, -0.2) is 4.39 Å². The van der Waals surface area contributed by atoms with E-state index >= 15 is 0 Å². The molecule has 0 aliphatic carbocycles. The number of nitrogens with zero attached hydrogens (tertiary/aromatic N) is 1. The minimum atomic E-state index is -0.262. The Balaban J connectivity index is 1.93. The van der Waals surface area contributed by atoms with Crippen LogP contribution >= 0.6 is 12.2 Å². The van der Waals surface area contributed by atoms with Gasteiger partial charge in [-0.05, 0) is 48.5 Å². The lowest BCUT2D eigenvalue weighted by molar-refractivity contribution is 0.408. The van der Waals surface area contributed by atoms with E-state index in [1.54, 1.807) is 13.2 Å². The van der Waals surface area contributed by atoms with Gasteiger partial charge in [0.2, 0.25) is 0 Å². The van der Waals surface area contributed by atoms with Gasteiger partial charge in [-0.1, -0.05) is 18.2 Å². The number of aryl methyl sites for hydroxylation is 2. The highest BCUT2D eigenvalue weighted by Crippen LogP contribution is 2.20. The van der Waals surface area contributed by atoms with Crippen LogP contribution in [0.2, 0.25) is 0 Å². The van der Waals surface area contributed by atoms with Crippen LogP contribution in [0.4, 0.5) is 4.39 Å². The van der Waals surface area contributed by atoms with Crippen LogP contribution in [0.5, 0.6) is 5.75 Å². The molecular formula is C16H15FN2OS. The van der Waals surface area contributed by atoms with E-state index < -0.39 is 0 Å². The summed E-state index contributed by atoms with van der Waals surface area (Å²) in [5.41, 5.74) is 2.74. The predicted octanol–water partition coefficient (Wildman–Crippen LogP) is 4.09. The Morgan fingerprint density at radius 1 is 1.24 bits per heavy atom. The molecule has 0 unspecified atom stereocenters. The summed E-state index contributed by atoms with van der Waals surface area (Å²) in [4.78, 5) is 3.10. The number of nitrogens with one attached hydrogen (secondary N) is 1. The maximum Gasteiger partial charge on any atom is 0.178 e. The number of H-pyrrole nitrogens is 1. The van der Waals surface area contributed by atoms with Crippen molar-refractivity contribution in [3.63, 3.8) is 0 Å². The molecule has 1 N–H and O–H groups in total. The molecular weight excluding hydrogens is 287 g/mol. The van der Waals surface area contributed by atoms with Crippen molar-refractivity contribution in [1.82, 2.24) is 9.55 Å². The average Bonchev–Trinajstić information content (AvgIpc) is 2.80. The van der Waals surface area contributed by atoms with Gasteiger partial charge in [-0.3, -0.25) is 0 Å². The highest BCUT2D eigenvalue weighted by molar-refractivity contribution is 7.71. The van der Waals surface area contributed by atoms with Crippen molar-refractivity contribution in [2.45, 2.75) is 13.0 Å². The van der Waals surface area contributed by atoms with Crippen molar-refractivity contribution in [3.05, 3.63) is 58.6 Å². The maximum atomic E-state index is 13.4. The minimum absolute atomic E-state index is 0.262. The number of aromatic nitrogens is 2. The van der Waals surface area contributed by atoms with Gasteiger partial charge in [-0.15, -0.1) is 0 Å². The number of methoxy groups -OCH3 is 1. The number of benzene rings is 2. The minimum Gasteiger partial charge on any atom is -0.496 e. The van der Waals surface area contributed by atoms with E-state index in [4.69, 9.17) is 17.0 Å². The van der Waals surface area contributed by atoms with Gasteiger partial charge in [0, 0.05) is 6.54 Å². The molecule has 1 aromatic heterocycles. The summed E-state index contributed by atoms with van der Waals surface area (Å²) in [6.45, 7) is 0.669. The van der Waals surface area contributed by atoms with Crippen LogP contribution in [0.25, 0.3) is 11.0 Å². The molecule has 108 valence electrons. The molecule has 3 rings (SSSR count). The molecule has 21 heavy (non-hydrogen) atoms. The summed E-state index contributed by atoms with van der Waals surface area (Å²) < 4.78 is 21.3. The fourth-order valence-corrected chi connectivity index (χ4v) is 2.79. The summed E-state index contributed by atoms with van der Waals surface area (Å²) >= 11 is 5.33. The number of imidazole rings is 1. The first-order valence-corrected chi connectivity index (χ1v) is 7.10. The molecule has 0 fully saturated rings. The lowest BCUT2D eigenvalue weighted by Gasteiger charge is -2.09. The SMILES string of the molecule is COc1ccccc1CCn1c(=S)[nH]c2ccc(F)cc21.